The SMILES string of the molecule is CN(C)CCCC1C=C(F)C=CC1=O. The van der Waals surface area contributed by atoms with Crippen LogP contribution in [0, 0.1) is 5.92 Å². The second kappa shape index (κ2) is 5.05. The monoisotopic (exact) mass is 197 g/mol. The van der Waals surface area contributed by atoms with Gasteiger partial charge in [0.25, 0.3) is 0 Å². The minimum Gasteiger partial charge on any atom is -0.309 e. The normalized spacial score (nSPS) is 21.6. The Hall–Kier alpha value is -0.960. The summed E-state index contributed by atoms with van der Waals surface area (Å²) in [4.78, 5) is 13.4. The molecule has 0 saturated carbocycles. The number of allylic oxidation sites excluding steroid dienone is 4. The summed E-state index contributed by atoms with van der Waals surface area (Å²) in [5.41, 5.74) is 0. The first-order valence-corrected chi connectivity index (χ1v) is 4.83. The first kappa shape index (κ1) is 11.1. The summed E-state index contributed by atoms with van der Waals surface area (Å²) < 4.78 is 12.8. The van der Waals surface area contributed by atoms with Crippen LogP contribution in [0.4, 0.5) is 4.39 Å². The fraction of sp³-hybridized carbons (Fsp3) is 0.545. The fourth-order valence-electron chi connectivity index (χ4n) is 1.47. The maximum absolute atomic E-state index is 12.8. The molecule has 0 aromatic carbocycles. The summed E-state index contributed by atoms with van der Waals surface area (Å²) in [6, 6.07) is 0. The van der Waals surface area contributed by atoms with E-state index in [1.165, 1.54) is 18.2 Å². The van der Waals surface area contributed by atoms with Crippen molar-refractivity contribution < 1.29 is 9.18 Å². The molecule has 1 atom stereocenters. The Morgan fingerprint density at radius 2 is 2.14 bits per heavy atom. The number of ketones is 1. The van der Waals surface area contributed by atoms with Gasteiger partial charge >= 0.3 is 0 Å². The van der Waals surface area contributed by atoms with E-state index in [0.717, 1.165) is 19.4 Å². The van der Waals surface area contributed by atoms with E-state index in [-0.39, 0.29) is 17.5 Å². The number of carbonyl (C=O) groups excluding carboxylic acids is 1. The molecule has 1 aliphatic rings. The smallest absolute Gasteiger partial charge is 0.162 e. The number of hydrogen-bond donors (Lipinski definition) is 0. The van der Waals surface area contributed by atoms with E-state index in [9.17, 15) is 9.18 Å². The van der Waals surface area contributed by atoms with Gasteiger partial charge in [0, 0.05) is 5.92 Å². The van der Waals surface area contributed by atoms with Crippen molar-refractivity contribution in [3.05, 3.63) is 24.1 Å². The first-order chi connectivity index (χ1) is 6.59. The van der Waals surface area contributed by atoms with Gasteiger partial charge in [0.15, 0.2) is 5.78 Å². The number of carbonyl (C=O) groups is 1. The molecule has 0 N–H and O–H groups in total. The van der Waals surface area contributed by atoms with E-state index < -0.39 is 0 Å². The van der Waals surface area contributed by atoms with Crippen LogP contribution < -0.4 is 0 Å². The summed E-state index contributed by atoms with van der Waals surface area (Å²) in [5.74, 6) is -0.524. The molecule has 3 heteroatoms. The summed E-state index contributed by atoms with van der Waals surface area (Å²) in [6.45, 7) is 0.933. The molecule has 0 saturated heterocycles. The molecular weight excluding hydrogens is 181 g/mol. The van der Waals surface area contributed by atoms with Gasteiger partial charge in [-0.05, 0) is 51.7 Å². The average molecular weight is 197 g/mol. The van der Waals surface area contributed by atoms with Crippen LogP contribution in [0.25, 0.3) is 0 Å². The Morgan fingerprint density at radius 1 is 1.43 bits per heavy atom. The highest BCUT2D eigenvalue weighted by Crippen LogP contribution is 2.19. The highest BCUT2D eigenvalue weighted by atomic mass is 19.1. The Balaban J connectivity index is 2.37. The Bertz CT molecular complexity index is 268. The molecule has 2 nitrogen and oxygen atoms in total. The van der Waals surface area contributed by atoms with E-state index in [1.807, 2.05) is 14.1 Å². The van der Waals surface area contributed by atoms with Crippen LogP contribution in [0.15, 0.2) is 24.1 Å². The first-order valence-electron chi connectivity index (χ1n) is 4.83. The third-order valence-corrected chi connectivity index (χ3v) is 2.25. The summed E-state index contributed by atoms with van der Waals surface area (Å²) in [6.07, 6.45) is 5.62. The minimum absolute atomic E-state index is 0.0187. The van der Waals surface area contributed by atoms with E-state index in [4.69, 9.17) is 0 Å². The van der Waals surface area contributed by atoms with E-state index in [0.29, 0.717) is 0 Å². The maximum Gasteiger partial charge on any atom is 0.162 e. The average Bonchev–Trinajstić information content (AvgIpc) is 2.10. The van der Waals surface area contributed by atoms with Crippen molar-refractivity contribution >= 4 is 5.78 Å². The number of halogens is 1. The van der Waals surface area contributed by atoms with Gasteiger partial charge in [-0.3, -0.25) is 4.79 Å². The van der Waals surface area contributed by atoms with Gasteiger partial charge in [0.2, 0.25) is 0 Å². The third kappa shape index (κ3) is 3.42. The van der Waals surface area contributed by atoms with Gasteiger partial charge < -0.3 is 4.90 Å². The van der Waals surface area contributed by atoms with Gasteiger partial charge in [-0.15, -0.1) is 0 Å². The molecule has 1 aliphatic carbocycles. The summed E-state index contributed by atoms with van der Waals surface area (Å²) >= 11 is 0. The number of rotatable bonds is 4. The van der Waals surface area contributed by atoms with Crippen molar-refractivity contribution in [2.75, 3.05) is 20.6 Å². The second-order valence-corrected chi connectivity index (χ2v) is 3.84. The molecule has 0 bridgehead atoms. The Morgan fingerprint density at radius 3 is 2.79 bits per heavy atom. The Labute approximate surface area is 84.1 Å². The van der Waals surface area contributed by atoms with Gasteiger partial charge in [-0.2, -0.15) is 0 Å². The van der Waals surface area contributed by atoms with E-state index in [1.54, 1.807) is 0 Å². The number of nitrogens with zero attached hydrogens (tertiary/aromatic N) is 1. The molecule has 1 unspecified atom stereocenters. The predicted octanol–water partition coefficient (Wildman–Crippen LogP) is 1.94. The van der Waals surface area contributed by atoms with Crippen molar-refractivity contribution in [3.63, 3.8) is 0 Å². The predicted molar refractivity (Wildman–Crippen MR) is 54.6 cm³/mol. The molecule has 0 aromatic heterocycles. The van der Waals surface area contributed by atoms with Crippen LogP contribution in [0.2, 0.25) is 0 Å². The van der Waals surface area contributed by atoms with E-state index >= 15 is 0 Å². The quantitative estimate of drug-likeness (QED) is 0.686. The standard InChI is InChI=1S/C11H16FNO/c1-13(2)7-3-4-9-8-10(12)5-6-11(9)14/h5-6,8-9H,3-4,7H2,1-2H3. The molecule has 14 heavy (non-hydrogen) atoms. The lowest BCUT2D eigenvalue weighted by molar-refractivity contribution is -0.117. The Kier molecular flexibility index (Phi) is 4.01. The summed E-state index contributed by atoms with van der Waals surface area (Å²) in [5, 5.41) is 0. The van der Waals surface area contributed by atoms with E-state index in [2.05, 4.69) is 4.90 Å². The second-order valence-electron chi connectivity index (χ2n) is 3.84. The van der Waals surface area contributed by atoms with Crippen molar-refractivity contribution in [3.8, 4) is 0 Å². The summed E-state index contributed by atoms with van der Waals surface area (Å²) in [7, 11) is 3.97. The van der Waals surface area contributed by atoms with Crippen LogP contribution in [-0.4, -0.2) is 31.3 Å². The maximum atomic E-state index is 12.8. The van der Waals surface area contributed by atoms with Gasteiger partial charge in [0.1, 0.15) is 5.83 Å². The van der Waals surface area contributed by atoms with Crippen LogP contribution in [-0.2, 0) is 4.79 Å². The molecule has 0 amide bonds. The largest absolute Gasteiger partial charge is 0.309 e. The zero-order chi connectivity index (χ0) is 10.6. The number of hydrogen-bond acceptors (Lipinski definition) is 2. The van der Waals surface area contributed by atoms with Crippen LogP contribution in [0.5, 0.6) is 0 Å². The van der Waals surface area contributed by atoms with Gasteiger partial charge in [0.05, 0.1) is 0 Å². The lowest BCUT2D eigenvalue weighted by Gasteiger charge is -2.14. The van der Waals surface area contributed by atoms with Crippen LogP contribution >= 0.6 is 0 Å². The lowest BCUT2D eigenvalue weighted by atomic mass is 9.94. The zero-order valence-corrected chi connectivity index (χ0v) is 8.66. The molecule has 0 aromatic rings. The molecule has 0 fully saturated rings. The third-order valence-electron chi connectivity index (χ3n) is 2.25. The molecule has 0 spiro atoms. The van der Waals surface area contributed by atoms with Crippen LogP contribution in [0.1, 0.15) is 12.8 Å². The van der Waals surface area contributed by atoms with Crippen molar-refractivity contribution in [1.29, 1.82) is 0 Å². The molecule has 0 heterocycles. The highest BCUT2D eigenvalue weighted by molar-refractivity contribution is 5.94. The van der Waals surface area contributed by atoms with Gasteiger partial charge in [-0.1, -0.05) is 0 Å². The zero-order valence-electron chi connectivity index (χ0n) is 8.66. The van der Waals surface area contributed by atoms with Crippen LogP contribution in [0.3, 0.4) is 0 Å². The highest BCUT2D eigenvalue weighted by Gasteiger charge is 2.17. The fourth-order valence-corrected chi connectivity index (χ4v) is 1.47. The van der Waals surface area contributed by atoms with Crippen molar-refractivity contribution in [2.24, 2.45) is 5.92 Å². The van der Waals surface area contributed by atoms with Gasteiger partial charge in [-0.25, -0.2) is 4.39 Å². The molecule has 78 valence electrons. The molecule has 0 aliphatic heterocycles. The molecular formula is C11H16FNO. The van der Waals surface area contributed by atoms with Crippen molar-refractivity contribution in [1.82, 2.24) is 4.90 Å². The molecule has 0 radical (unpaired) electrons. The topological polar surface area (TPSA) is 20.3 Å². The van der Waals surface area contributed by atoms with Crippen molar-refractivity contribution in [2.45, 2.75) is 12.8 Å². The minimum atomic E-state index is -0.292. The lowest BCUT2D eigenvalue weighted by Crippen LogP contribution is -2.17. The molecule has 1 rings (SSSR count).